The summed E-state index contributed by atoms with van der Waals surface area (Å²) in [6.45, 7) is 1.80. The third-order valence-electron chi connectivity index (χ3n) is 5.12. The van der Waals surface area contributed by atoms with Gasteiger partial charge in [-0.05, 0) is 55.5 Å². The van der Waals surface area contributed by atoms with Crippen molar-refractivity contribution in [3.8, 4) is 11.4 Å². The number of fused-ring (bicyclic) bond motifs is 3. The van der Waals surface area contributed by atoms with Crippen molar-refractivity contribution in [2.75, 3.05) is 12.0 Å². The lowest BCUT2D eigenvalue weighted by molar-refractivity contribution is 0.0926. The van der Waals surface area contributed by atoms with Crippen LogP contribution in [0, 0.1) is 6.92 Å². The molecule has 2 aromatic heterocycles. The molecule has 8 heteroatoms. The second-order valence-corrected chi connectivity index (χ2v) is 7.30. The molecule has 0 saturated carbocycles. The number of imide groups is 1. The third kappa shape index (κ3) is 2.59. The number of methoxy groups -OCH3 is 1. The Morgan fingerprint density at radius 3 is 2.27 bits per heavy atom. The van der Waals surface area contributed by atoms with Crippen LogP contribution in [0.25, 0.3) is 16.7 Å². The van der Waals surface area contributed by atoms with E-state index in [0.717, 1.165) is 10.6 Å². The molecular weight excluding hydrogens is 404 g/mol. The van der Waals surface area contributed by atoms with Gasteiger partial charge in [0.05, 0.1) is 40.7 Å². The number of nitrogens with zero attached hydrogens (tertiary/aromatic N) is 4. The average Bonchev–Trinajstić information content (AvgIpc) is 3.23. The molecule has 0 saturated heterocycles. The summed E-state index contributed by atoms with van der Waals surface area (Å²) < 4.78 is 6.80. The largest absolute Gasteiger partial charge is 0.497 e. The molecular formula is C22H15ClN4O3. The summed E-state index contributed by atoms with van der Waals surface area (Å²) in [6.07, 6.45) is 1.44. The minimum absolute atomic E-state index is 0.266. The highest BCUT2D eigenvalue weighted by Crippen LogP contribution is 2.35. The Kier molecular flexibility index (Phi) is 4.08. The summed E-state index contributed by atoms with van der Waals surface area (Å²) in [5, 5.41) is 5.73. The first-order chi connectivity index (χ1) is 14.5. The van der Waals surface area contributed by atoms with E-state index >= 15 is 0 Å². The Balaban J connectivity index is 1.67. The van der Waals surface area contributed by atoms with E-state index in [4.69, 9.17) is 16.3 Å². The predicted octanol–water partition coefficient (Wildman–Crippen LogP) is 4.19. The Hall–Kier alpha value is -3.71. The standard InChI is InChI=1S/C22H15ClN4O3/c1-12-18-19-17(11-24-20(18)27(25-12)15-5-3-13(23)4-6-15)21(28)26(22(19)29)14-7-9-16(30-2)10-8-14/h3-11H,1-2H3. The van der Waals surface area contributed by atoms with Crippen molar-refractivity contribution in [3.63, 3.8) is 0 Å². The quantitative estimate of drug-likeness (QED) is 0.466. The Morgan fingerprint density at radius 2 is 1.60 bits per heavy atom. The zero-order valence-electron chi connectivity index (χ0n) is 16.1. The van der Waals surface area contributed by atoms with Gasteiger partial charge in [-0.15, -0.1) is 0 Å². The van der Waals surface area contributed by atoms with Gasteiger partial charge < -0.3 is 4.74 Å². The van der Waals surface area contributed by atoms with Crippen LogP contribution in [-0.4, -0.2) is 33.7 Å². The van der Waals surface area contributed by atoms with Crippen LogP contribution in [0.1, 0.15) is 26.4 Å². The van der Waals surface area contributed by atoms with Crippen LogP contribution < -0.4 is 9.64 Å². The number of halogens is 1. The van der Waals surface area contributed by atoms with Crippen molar-refractivity contribution < 1.29 is 14.3 Å². The molecule has 4 aromatic rings. The molecule has 0 fully saturated rings. The molecule has 0 bridgehead atoms. The molecule has 1 aliphatic rings. The van der Waals surface area contributed by atoms with E-state index < -0.39 is 11.8 Å². The van der Waals surface area contributed by atoms with Crippen molar-refractivity contribution in [1.29, 1.82) is 0 Å². The lowest BCUT2D eigenvalue weighted by atomic mass is 10.1. The number of rotatable bonds is 3. The molecule has 0 aliphatic carbocycles. The first-order valence-electron chi connectivity index (χ1n) is 9.16. The van der Waals surface area contributed by atoms with E-state index in [-0.39, 0.29) is 5.56 Å². The molecule has 2 amide bonds. The Labute approximate surface area is 176 Å². The van der Waals surface area contributed by atoms with E-state index in [0.29, 0.717) is 38.8 Å². The van der Waals surface area contributed by atoms with Crippen LogP contribution >= 0.6 is 11.6 Å². The van der Waals surface area contributed by atoms with Crippen LogP contribution in [0.4, 0.5) is 5.69 Å². The van der Waals surface area contributed by atoms with Crippen molar-refractivity contribution in [3.05, 3.63) is 76.6 Å². The van der Waals surface area contributed by atoms with E-state index in [1.165, 1.54) is 6.20 Å². The molecule has 0 spiro atoms. The van der Waals surface area contributed by atoms with Crippen LogP contribution in [0.3, 0.4) is 0 Å². The van der Waals surface area contributed by atoms with E-state index in [2.05, 4.69) is 10.1 Å². The highest BCUT2D eigenvalue weighted by molar-refractivity contribution is 6.37. The molecule has 0 radical (unpaired) electrons. The van der Waals surface area contributed by atoms with Gasteiger partial charge in [-0.1, -0.05) is 11.6 Å². The van der Waals surface area contributed by atoms with E-state index in [1.807, 2.05) is 12.1 Å². The Morgan fingerprint density at radius 1 is 0.933 bits per heavy atom. The van der Waals surface area contributed by atoms with Crippen molar-refractivity contribution in [2.45, 2.75) is 6.92 Å². The fourth-order valence-electron chi connectivity index (χ4n) is 3.69. The van der Waals surface area contributed by atoms with Gasteiger partial charge in [0.1, 0.15) is 5.75 Å². The summed E-state index contributed by atoms with van der Waals surface area (Å²) >= 11 is 5.99. The number of pyridine rings is 1. The van der Waals surface area contributed by atoms with E-state index in [9.17, 15) is 9.59 Å². The molecule has 1 aliphatic heterocycles. The number of anilines is 1. The maximum atomic E-state index is 13.3. The fourth-order valence-corrected chi connectivity index (χ4v) is 3.81. The molecule has 7 nitrogen and oxygen atoms in total. The number of benzene rings is 2. The van der Waals surface area contributed by atoms with Crippen LogP contribution in [-0.2, 0) is 0 Å². The predicted molar refractivity (Wildman–Crippen MR) is 113 cm³/mol. The maximum absolute atomic E-state index is 13.3. The highest BCUT2D eigenvalue weighted by Gasteiger charge is 2.40. The van der Waals surface area contributed by atoms with Gasteiger partial charge in [0, 0.05) is 11.2 Å². The summed E-state index contributed by atoms with van der Waals surface area (Å²) in [5.41, 5.74) is 2.93. The van der Waals surface area contributed by atoms with Gasteiger partial charge in [-0.25, -0.2) is 14.6 Å². The van der Waals surface area contributed by atoms with Crippen molar-refractivity contribution in [1.82, 2.24) is 14.8 Å². The zero-order chi connectivity index (χ0) is 21.0. The summed E-state index contributed by atoms with van der Waals surface area (Å²) in [4.78, 5) is 32.0. The molecule has 0 unspecified atom stereocenters. The lowest BCUT2D eigenvalue weighted by Crippen LogP contribution is -2.29. The molecule has 148 valence electrons. The van der Waals surface area contributed by atoms with Gasteiger partial charge in [-0.3, -0.25) is 9.59 Å². The van der Waals surface area contributed by atoms with Crippen LogP contribution in [0.2, 0.25) is 5.02 Å². The highest BCUT2D eigenvalue weighted by atomic mass is 35.5. The summed E-state index contributed by atoms with van der Waals surface area (Å²) in [7, 11) is 1.56. The average molecular weight is 419 g/mol. The zero-order valence-corrected chi connectivity index (χ0v) is 16.8. The smallest absolute Gasteiger partial charge is 0.267 e. The monoisotopic (exact) mass is 418 g/mol. The second kappa shape index (κ2) is 6.67. The third-order valence-corrected chi connectivity index (χ3v) is 5.38. The number of amides is 2. The van der Waals surface area contributed by atoms with Gasteiger partial charge in [-0.2, -0.15) is 5.10 Å². The van der Waals surface area contributed by atoms with Crippen molar-refractivity contribution >= 4 is 40.1 Å². The number of carbonyl (C=O) groups is 2. The Bertz CT molecular complexity index is 1330. The van der Waals surface area contributed by atoms with Crippen molar-refractivity contribution in [2.24, 2.45) is 0 Å². The number of aryl methyl sites for hydroxylation is 1. The summed E-state index contributed by atoms with van der Waals surface area (Å²) in [6, 6.07) is 13.9. The number of ether oxygens (including phenoxy) is 1. The molecule has 30 heavy (non-hydrogen) atoms. The van der Waals surface area contributed by atoms with Gasteiger partial charge in [0.25, 0.3) is 11.8 Å². The molecule has 5 rings (SSSR count). The molecule has 3 heterocycles. The minimum atomic E-state index is -0.409. The van der Waals surface area contributed by atoms with Gasteiger partial charge in [0.15, 0.2) is 5.65 Å². The number of carbonyl (C=O) groups excluding carboxylic acids is 2. The fraction of sp³-hybridized carbons (Fsp3) is 0.0909. The molecule has 2 aromatic carbocycles. The normalized spacial score (nSPS) is 13.2. The topological polar surface area (TPSA) is 77.3 Å². The first-order valence-corrected chi connectivity index (χ1v) is 9.54. The van der Waals surface area contributed by atoms with Crippen LogP contribution in [0.5, 0.6) is 5.75 Å². The van der Waals surface area contributed by atoms with Crippen LogP contribution in [0.15, 0.2) is 54.7 Å². The SMILES string of the molecule is COc1ccc(N2C(=O)c3cnc4c(c(C)nn4-c4ccc(Cl)cc4)c3C2=O)cc1. The lowest BCUT2D eigenvalue weighted by Gasteiger charge is -2.14. The minimum Gasteiger partial charge on any atom is -0.497 e. The number of hydrogen-bond donors (Lipinski definition) is 0. The second-order valence-electron chi connectivity index (χ2n) is 6.86. The first kappa shape index (κ1) is 18.3. The number of hydrogen-bond acceptors (Lipinski definition) is 5. The van der Waals surface area contributed by atoms with Gasteiger partial charge in [0.2, 0.25) is 0 Å². The maximum Gasteiger partial charge on any atom is 0.267 e. The molecule has 0 atom stereocenters. The number of aromatic nitrogens is 3. The van der Waals surface area contributed by atoms with Gasteiger partial charge >= 0.3 is 0 Å². The summed E-state index contributed by atoms with van der Waals surface area (Å²) in [5.74, 6) is -0.168. The van der Waals surface area contributed by atoms with E-state index in [1.54, 1.807) is 55.1 Å². The molecule has 0 N–H and O–H groups in total.